The molecule has 7 aromatic rings. The normalized spacial score (nSPS) is 11.5. The van der Waals surface area contributed by atoms with Gasteiger partial charge in [-0.05, 0) is 24.3 Å². The van der Waals surface area contributed by atoms with Gasteiger partial charge in [0.05, 0.1) is 32.8 Å². The maximum Gasteiger partial charge on any atom is 0.196 e. The predicted octanol–water partition coefficient (Wildman–Crippen LogP) is 5.17. The molecule has 36 heavy (non-hydrogen) atoms. The first kappa shape index (κ1) is 21.7. The summed E-state index contributed by atoms with van der Waals surface area (Å²) in [5.41, 5.74) is 1.18. The molecule has 2 N–H and O–H groups in total. The number of nitrogens with one attached hydrogen (secondary N) is 2. The lowest BCUT2D eigenvalue weighted by molar-refractivity contribution is 1.41. The first-order valence-electron chi connectivity index (χ1n) is 11.8. The van der Waals surface area contributed by atoms with Gasteiger partial charge in [-0.2, -0.15) is 0 Å². The van der Waals surface area contributed by atoms with Gasteiger partial charge in [-0.3, -0.25) is 19.2 Å². The molecule has 6 heteroatoms. The van der Waals surface area contributed by atoms with Crippen molar-refractivity contribution in [1.29, 1.82) is 0 Å². The number of aromatic nitrogens is 2. The summed E-state index contributed by atoms with van der Waals surface area (Å²) >= 11 is 0. The zero-order valence-corrected chi connectivity index (χ0v) is 19.6. The largest absolute Gasteiger partial charge is 0.351 e. The maximum absolute atomic E-state index is 13.4. The van der Waals surface area contributed by atoms with Crippen molar-refractivity contribution in [3.63, 3.8) is 0 Å². The van der Waals surface area contributed by atoms with Crippen LogP contribution in [0, 0.1) is 0 Å². The Labute approximate surface area is 202 Å². The molecular weight excluding hydrogens is 452 g/mol. The molecule has 0 atom stereocenters. The lowest BCUT2D eigenvalue weighted by atomic mass is 9.99. The van der Waals surface area contributed by atoms with E-state index in [9.17, 15) is 19.2 Å². The number of fused-ring (bicyclic) bond motifs is 8. The second-order valence-electron chi connectivity index (χ2n) is 8.48. The van der Waals surface area contributed by atoms with E-state index >= 15 is 0 Å². The lowest BCUT2D eigenvalue weighted by Crippen LogP contribution is -2.14. The first-order valence-corrected chi connectivity index (χ1v) is 11.8. The van der Waals surface area contributed by atoms with Crippen molar-refractivity contribution in [2.75, 3.05) is 0 Å². The van der Waals surface area contributed by atoms with Crippen LogP contribution in [0.1, 0.15) is 13.8 Å². The van der Waals surface area contributed by atoms with Gasteiger partial charge in [-0.1, -0.05) is 62.4 Å². The highest BCUT2D eigenvalue weighted by atomic mass is 16.1. The van der Waals surface area contributed by atoms with Crippen LogP contribution < -0.4 is 21.7 Å². The molecule has 0 fully saturated rings. The van der Waals surface area contributed by atoms with Crippen molar-refractivity contribution in [1.82, 2.24) is 9.97 Å². The molecule has 0 radical (unpaired) electrons. The Kier molecular flexibility index (Phi) is 4.73. The van der Waals surface area contributed by atoms with Gasteiger partial charge in [0.25, 0.3) is 0 Å². The van der Waals surface area contributed by atoms with Crippen LogP contribution in [0.15, 0.2) is 92.0 Å². The van der Waals surface area contributed by atoms with Gasteiger partial charge in [0, 0.05) is 32.3 Å². The fourth-order valence-electron chi connectivity index (χ4n) is 5.11. The summed E-state index contributed by atoms with van der Waals surface area (Å²) in [6, 6.07) is 20.3. The van der Waals surface area contributed by atoms with Crippen molar-refractivity contribution in [2.24, 2.45) is 0 Å². The zero-order valence-electron chi connectivity index (χ0n) is 19.6. The second kappa shape index (κ2) is 7.85. The summed E-state index contributed by atoms with van der Waals surface area (Å²) in [7, 11) is 0. The maximum atomic E-state index is 13.4. The Bertz CT molecular complexity index is 2100. The van der Waals surface area contributed by atoms with E-state index in [-0.39, 0.29) is 21.7 Å². The summed E-state index contributed by atoms with van der Waals surface area (Å²) in [6.45, 7) is 4.00. The standard InChI is InChI=1S/C28H14N2O4.C2H6/c31-25-13-5-1-3-7-15(13)27(33)21-17(25)9-11-19-23(21)29-20-12-10-18-22(24(20)30-19)28(34)16-8-4-2-6-14(16)26(18)32;1-2/h1-12,29-30H;1-2H3. The van der Waals surface area contributed by atoms with Gasteiger partial charge < -0.3 is 9.97 Å². The third-order valence-electron chi connectivity index (χ3n) is 6.71. The Morgan fingerprint density at radius 3 is 1.11 bits per heavy atom. The summed E-state index contributed by atoms with van der Waals surface area (Å²) < 4.78 is 0. The molecule has 6 nitrogen and oxygen atoms in total. The molecule has 0 saturated heterocycles. The van der Waals surface area contributed by atoms with E-state index in [1.54, 1.807) is 72.8 Å². The lowest BCUT2D eigenvalue weighted by Gasteiger charge is -2.10. The van der Waals surface area contributed by atoms with Crippen LogP contribution in [-0.2, 0) is 0 Å². The molecule has 0 saturated carbocycles. The fourth-order valence-corrected chi connectivity index (χ4v) is 5.11. The zero-order chi connectivity index (χ0) is 25.1. The molecule has 0 bridgehead atoms. The molecule has 0 aliphatic rings. The highest BCUT2D eigenvalue weighted by molar-refractivity contribution is 6.14. The molecule has 6 aromatic carbocycles. The van der Waals surface area contributed by atoms with E-state index in [4.69, 9.17) is 0 Å². The molecule has 0 spiro atoms. The quantitative estimate of drug-likeness (QED) is 0.235. The summed E-state index contributed by atoms with van der Waals surface area (Å²) in [5.74, 6) is 0. The highest BCUT2D eigenvalue weighted by Gasteiger charge is 2.17. The van der Waals surface area contributed by atoms with Crippen LogP contribution in [0.4, 0.5) is 0 Å². The smallest absolute Gasteiger partial charge is 0.196 e. The third kappa shape index (κ3) is 2.78. The monoisotopic (exact) mass is 472 g/mol. The van der Waals surface area contributed by atoms with E-state index in [1.807, 2.05) is 13.8 Å². The minimum Gasteiger partial charge on any atom is -0.351 e. The minimum atomic E-state index is -0.238. The fraction of sp³-hybridized carbons (Fsp3) is 0.0667. The Hall–Kier alpha value is -4.84. The molecule has 7 rings (SSSR count). The second-order valence-corrected chi connectivity index (χ2v) is 8.48. The third-order valence-corrected chi connectivity index (χ3v) is 6.71. The van der Waals surface area contributed by atoms with Crippen LogP contribution in [0.2, 0.25) is 0 Å². The van der Waals surface area contributed by atoms with Crippen molar-refractivity contribution >= 4 is 65.2 Å². The number of H-pyrrole nitrogens is 2. The molecule has 0 unspecified atom stereocenters. The molecule has 1 heterocycles. The van der Waals surface area contributed by atoms with E-state index < -0.39 is 0 Å². The van der Waals surface area contributed by atoms with Crippen LogP contribution in [0.25, 0.3) is 65.2 Å². The van der Waals surface area contributed by atoms with Gasteiger partial charge in [0.15, 0.2) is 21.7 Å². The van der Waals surface area contributed by atoms with Gasteiger partial charge in [-0.15, -0.1) is 0 Å². The predicted molar refractivity (Wildman–Crippen MR) is 148 cm³/mol. The van der Waals surface area contributed by atoms with E-state index in [0.717, 1.165) is 0 Å². The van der Waals surface area contributed by atoms with Crippen molar-refractivity contribution in [2.45, 2.75) is 13.8 Å². The molecular formula is C30H20N2O4. The Morgan fingerprint density at radius 1 is 0.417 bits per heavy atom. The Balaban J connectivity index is 0.00000117. The van der Waals surface area contributed by atoms with E-state index in [1.165, 1.54) is 0 Å². The molecule has 0 amide bonds. The Morgan fingerprint density at radius 2 is 0.750 bits per heavy atom. The van der Waals surface area contributed by atoms with E-state index in [0.29, 0.717) is 65.2 Å². The average Bonchev–Trinajstić information content (AvgIpc) is 2.93. The van der Waals surface area contributed by atoms with Crippen molar-refractivity contribution in [3.8, 4) is 0 Å². The molecule has 1 aromatic heterocycles. The molecule has 0 aliphatic heterocycles. The van der Waals surface area contributed by atoms with Crippen molar-refractivity contribution in [3.05, 3.63) is 114 Å². The van der Waals surface area contributed by atoms with Crippen LogP contribution in [-0.4, -0.2) is 9.97 Å². The number of hydrogen-bond acceptors (Lipinski definition) is 4. The average molecular weight is 473 g/mol. The number of hydrogen-bond donors (Lipinski definition) is 2. The number of rotatable bonds is 0. The van der Waals surface area contributed by atoms with Crippen molar-refractivity contribution < 1.29 is 0 Å². The van der Waals surface area contributed by atoms with Gasteiger partial charge in [-0.25, -0.2) is 0 Å². The summed E-state index contributed by atoms with van der Waals surface area (Å²) in [4.78, 5) is 59.5. The highest BCUT2D eigenvalue weighted by Crippen LogP contribution is 2.26. The van der Waals surface area contributed by atoms with Gasteiger partial charge in [0.1, 0.15) is 0 Å². The SMILES string of the molecule is CC.O=c1c2ccccc2c(=O)c2c1ccc1[nH]c3c(ccc4c(=O)c5ccccc5c(=O)c43)[nH]c12. The number of benzene rings is 6. The summed E-state index contributed by atoms with van der Waals surface area (Å²) in [6.07, 6.45) is 0. The molecule has 174 valence electrons. The van der Waals surface area contributed by atoms with Gasteiger partial charge in [0.2, 0.25) is 0 Å². The van der Waals surface area contributed by atoms with Crippen LogP contribution >= 0.6 is 0 Å². The molecule has 0 aliphatic carbocycles. The number of aromatic amines is 2. The van der Waals surface area contributed by atoms with E-state index in [2.05, 4.69) is 9.97 Å². The van der Waals surface area contributed by atoms with Crippen LogP contribution in [0.5, 0.6) is 0 Å². The van der Waals surface area contributed by atoms with Gasteiger partial charge >= 0.3 is 0 Å². The summed E-state index contributed by atoms with van der Waals surface area (Å²) in [5, 5.41) is 2.76. The topological polar surface area (TPSA) is 99.9 Å². The van der Waals surface area contributed by atoms with Crippen LogP contribution in [0.3, 0.4) is 0 Å². The minimum absolute atomic E-state index is 0.205. The first-order chi connectivity index (χ1) is 17.5.